The van der Waals surface area contributed by atoms with Crippen molar-refractivity contribution in [3.63, 3.8) is 0 Å². The molecule has 0 saturated heterocycles. The summed E-state index contributed by atoms with van der Waals surface area (Å²) >= 11 is 0. The van der Waals surface area contributed by atoms with Crippen LogP contribution >= 0.6 is 0 Å². The zero-order valence-corrected chi connectivity index (χ0v) is 11.5. The highest BCUT2D eigenvalue weighted by Gasteiger charge is 2.19. The van der Waals surface area contributed by atoms with Gasteiger partial charge in [-0.05, 0) is 31.2 Å². The lowest BCUT2D eigenvalue weighted by Gasteiger charge is -2.28. The zero-order chi connectivity index (χ0) is 13.7. The van der Waals surface area contributed by atoms with Crippen LogP contribution in [0.1, 0.15) is 44.6 Å². The Kier molecular flexibility index (Phi) is 4.91. The van der Waals surface area contributed by atoms with Gasteiger partial charge in [0.15, 0.2) is 0 Å². The summed E-state index contributed by atoms with van der Waals surface area (Å²) < 4.78 is 0. The molecule has 1 aromatic carbocycles. The van der Waals surface area contributed by atoms with E-state index in [1.54, 1.807) is 12.1 Å². The summed E-state index contributed by atoms with van der Waals surface area (Å²) in [5, 5.41) is 14.2. The van der Waals surface area contributed by atoms with Crippen LogP contribution in [-0.2, 0) is 6.54 Å². The standard InChI is InChI=1S/C15H22N2O2/c1-12(14-7-3-2-4-8-14)16-11-13-6-5-9-15(10-13)17(18)19/h5-6,9-10,12,14,16H,2-4,7-8,11H2,1H3/t12-/m1/s1. The molecule has 1 aliphatic rings. The van der Waals surface area contributed by atoms with Gasteiger partial charge in [0.05, 0.1) is 4.92 Å². The average Bonchev–Trinajstić information content (AvgIpc) is 2.46. The SMILES string of the molecule is C[C@@H](NCc1cccc([N+](=O)[O-])c1)C1CCCCC1. The van der Waals surface area contributed by atoms with E-state index in [-0.39, 0.29) is 10.6 Å². The van der Waals surface area contributed by atoms with Gasteiger partial charge in [-0.25, -0.2) is 0 Å². The van der Waals surface area contributed by atoms with E-state index >= 15 is 0 Å². The van der Waals surface area contributed by atoms with Gasteiger partial charge in [0, 0.05) is 24.7 Å². The minimum atomic E-state index is -0.339. The lowest BCUT2D eigenvalue weighted by atomic mass is 9.84. The maximum Gasteiger partial charge on any atom is 0.269 e. The fraction of sp³-hybridized carbons (Fsp3) is 0.600. The number of nitrogens with zero attached hydrogens (tertiary/aromatic N) is 1. The Labute approximate surface area is 114 Å². The summed E-state index contributed by atoms with van der Waals surface area (Å²) in [7, 11) is 0. The molecule has 0 bridgehead atoms. The van der Waals surface area contributed by atoms with Crippen LogP contribution in [-0.4, -0.2) is 11.0 Å². The van der Waals surface area contributed by atoms with Crippen molar-refractivity contribution in [2.45, 2.75) is 51.6 Å². The number of nitro groups is 1. The van der Waals surface area contributed by atoms with Crippen LogP contribution in [0.4, 0.5) is 5.69 Å². The fourth-order valence-corrected chi connectivity index (χ4v) is 2.86. The highest BCUT2D eigenvalue weighted by molar-refractivity contribution is 5.34. The molecule has 0 heterocycles. The molecule has 0 amide bonds. The first kappa shape index (κ1) is 14.0. The van der Waals surface area contributed by atoms with Crippen LogP contribution in [0.15, 0.2) is 24.3 Å². The van der Waals surface area contributed by atoms with Gasteiger partial charge in [-0.15, -0.1) is 0 Å². The molecule has 4 heteroatoms. The number of nitro benzene ring substituents is 1. The van der Waals surface area contributed by atoms with Crippen LogP contribution in [0.3, 0.4) is 0 Å². The predicted octanol–water partition coefficient (Wildman–Crippen LogP) is 3.65. The molecule has 0 spiro atoms. The Morgan fingerprint density at radius 2 is 2.11 bits per heavy atom. The Morgan fingerprint density at radius 1 is 1.37 bits per heavy atom. The van der Waals surface area contributed by atoms with E-state index in [0.29, 0.717) is 12.6 Å². The smallest absolute Gasteiger partial charge is 0.269 e. The first-order valence-electron chi connectivity index (χ1n) is 7.13. The monoisotopic (exact) mass is 262 g/mol. The number of hydrogen-bond donors (Lipinski definition) is 1. The van der Waals surface area contributed by atoms with Crippen LogP contribution in [0.2, 0.25) is 0 Å². The minimum Gasteiger partial charge on any atom is -0.310 e. The van der Waals surface area contributed by atoms with E-state index < -0.39 is 0 Å². The van der Waals surface area contributed by atoms with Crippen molar-refractivity contribution in [1.82, 2.24) is 5.32 Å². The van der Waals surface area contributed by atoms with Gasteiger partial charge in [-0.2, -0.15) is 0 Å². The molecule has 2 rings (SSSR count). The molecule has 19 heavy (non-hydrogen) atoms. The maximum absolute atomic E-state index is 10.7. The lowest BCUT2D eigenvalue weighted by Crippen LogP contribution is -2.34. The first-order valence-corrected chi connectivity index (χ1v) is 7.13. The van der Waals surface area contributed by atoms with Crippen LogP contribution in [0.5, 0.6) is 0 Å². The van der Waals surface area contributed by atoms with Gasteiger partial charge in [0.25, 0.3) is 5.69 Å². The number of benzene rings is 1. The van der Waals surface area contributed by atoms with E-state index in [1.807, 2.05) is 6.07 Å². The summed E-state index contributed by atoms with van der Waals surface area (Å²) in [6.45, 7) is 2.94. The first-order chi connectivity index (χ1) is 9.16. The third kappa shape index (κ3) is 4.03. The molecule has 0 unspecified atom stereocenters. The Balaban J connectivity index is 1.87. The van der Waals surface area contributed by atoms with Gasteiger partial charge in [-0.3, -0.25) is 10.1 Å². The van der Waals surface area contributed by atoms with E-state index in [2.05, 4.69) is 12.2 Å². The van der Waals surface area contributed by atoms with E-state index in [9.17, 15) is 10.1 Å². The molecule has 1 atom stereocenters. The average molecular weight is 262 g/mol. The van der Waals surface area contributed by atoms with Crippen molar-refractivity contribution < 1.29 is 4.92 Å². The zero-order valence-electron chi connectivity index (χ0n) is 11.5. The molecular formula is C15H22N2O2. The molecule has 1 aromatic rings. The topological polar surface area (TPSA) is 55.2 Å². The van der Waals surface area contributed by atoms with Gasteiger partial charge in [0.1, 0.15) is 0 Å². The second-order valence-corrected chi connectivity index (χ2v) is 5.49. The highest BCUT2D eigenvalue weighted by Crippen LogP contribution is 2.26. The lowest BCUT2D eigenvalue weighted by molar-refractivity contribution is -0.384. The number of nitrogens with one attached hydrogen (secondary N) is 1. The van der Waals surface area contributed by atoms with Gasteiger partial charge < -0.3 is 5.32 Å². The molecule has 0 aromatic heterocycles. The second kappa shape index (κ2) is 6.66. The largest absolute Gasteiger partial charge is 0.310 e. The molecule has 4 nitrogen and oxygen atoms in total. The minimum absolute atomic E-state index is 0.171. The van der Waals surface area contributed by atoms with Crippen molar-refractivity contribution >= 4 is 5.69 Å². The molecule has 0 radical (unpaired) electrons. The summed E-state index contributed by atoms with van der Waals surface area (Å²) in [4.78, 5) is 10.4. The van der Waals surface area contributed by atoms with Gasteiger partial charge in [0.2, 0.25) is 0 Å². The number of non-ortho nitro benzene ring substituents is 1. The molecule has 1 aliphatic carbocycles. The van der Waals surface area contributed by atoms with E-state index in [0.717, 1.165) is 11.5 Å². The molecule has 1 N–H and O–H groups in total. The Hall–Kier alpha value is -1.42. The Morgan fingerprint density at radius 3 is 2.79 bits per heavy atom. The highest BCUT2D eigenvalue weighted by atomic mass is 16.6. The van der Waals surface area contributed by atoms with Crippen molar-refractivity contribution in [2.24, 2.45) is 5.92 Å². The third-order valence-electron chi connectivity index (χ3n) is 4.11. The van der Waals surface area contributed by atoms with Gasteiger partial charge in [-0.1, -0.05) is 31.4 Å². The molecule has 1 saturated carbocycles. The molecular weight excluding hydrogens is 240 g/mol. The van der Waals surface area contributed by atoms with Crippen molar-refractivity contribution in [1.29, 1.82) is 0 Å². The van der Waals surface area contributed by atoms with Crippen LogP contribution in [0, 0.1) is 16.0 Å². The third-order valence-corrected chi connectivity index (χ3v) is 4.11. The fourth-order valence-electron chi connectivity index (χ4n) is 2.86. The Bertz CT molecular complexity index is 428. The summed E-state index contributed by atoms with van der Waals surface area (Å²) in [6, 6.07) is 7.36. The van der Waals surface area contributed by atoms with Crippen LogP contribution in [0.25, 0.3) is 0 Å². The second-order valence-electron chi connectivity index (χ2n) is 5.49. The van der Waals surface area contributed by atoms with E-state index in [1.165, 1.54) is 38.2 Å². The van der Waals surface area contributed by atoms with Crippen molar-refractivity contribution in [3.8, 4) is 0 Å². The van der Waals surface area contributed by atoms with E-state index in [4.69, 9.17) is 0 Å². The normalized spacial score (nSPS) is 18.2. The maximum atomic E-state index is 10.7. The summed E-state index contributed by atoms with van der Waals surface area (Å²) in [5.41, 5.74) is 1.15. The summed E-state index contributed by atoms with van der Waals surface area (Å²) in [6.07, 6.45) is 6.67. The quantitative estimate of drug-likeness (QED) is 0.651. The van der Waals surface area contributed by atoms with Gasteiger partial charge >= 0.3 is 0 Å². The molecule has 1 fully saturated rings. The number of rotatable bonds is 5. The van der Waals surface area contributed by atoms with Crippen LogP contribution < -0.4 is 5.32 Å². The molecule has 0 aliphatic heterocycles. The number of hydrogen-bond acceptors (Lipinski definition) is 3. The molecule has 104 valence electrons. The summed E-state index contributed by atoms with van der Waals surface area (Å²) in [5.74, 6) is 0.757. The van der Waals surface area contributed by atoms with Crippen molar-refractivity contribution in [2.75, 3.05) is 0 Å². The predicted molar refractivity (Wildman–Crippen MR) is 76.0 cm³/mol. The van der Waals surface area contributed by atoms with Crippen molar-refractivity contribution in [3.05, 3.63) is 39.9 Å².